The Balaban J connectivity index is 0.00000160. The molecule has 0 saturated heterocycles. The van der Waals surface area contributed by atoms with Crippen LogP contribution in [0.4, 0.5) is 0 Å². The largest absolute Gasteiger partial charge is 0.344 e. The van der Waals surface area contributed by atoms with E-state index in [1.165, 1.54) is 10.0 Å². The van der Waals surface area contributed by atoms with E-state index >= 15 is 0 Å². The minimum absolute atomic E-state index is 0. The van der Waals surface area contributed by atoms with Gasteiger partial charge in [0.15, 0.2) is 0 Å². The van der Waals surface area contributed by atoms with Crippen molar-refractivity contribution in [2.75, 3.05) is 0 Å². The van der Waals surface area contributed by atoms with Gasteiger partial charge in [0.1, 0.15) is 0 Å². The molecule has 2 heterocycles. The van der Waals surface area contributed by atoms with Crippen molar-refractivity contribution in [3.05, 3.63) is 81.5 Å². The normalized spacial score (nSPS) is 10.8. The van der Waals surface area contributed by atoms with Crippen LogP contribution in [-0.2, 0) is 15.0 Å². The van der Waals surface area contributed by atoms with Crippen LogP contribution in [0.2, 0.25) is 0 Å². The molecule has 0 radical (unpaired) electrons. The average Bonchev–Trinajstić information content (AvgIpc) is 2.68. The van der Waals surface area contributed by atoms with Gasteiger partial charge in [-0.2, -0.15) is 0 Å². The Labute approximate surface area is 206 Å². The smallest absolute Gasteiger partial charge is 0.147 e. The van der Waals surface area contributed by atoms with Gasteiger partial charge in [-0.05, 0) is 0 Å². The number of hydrogen-bond donors (Lipinski definition) is 1. The Morgan fingerprint density at radius 1 is 0.900 bits per heavy atom. The summed E-state index contributed by atoms with van der Waals surface area (Å²) in [5.41, 5.74) is 4.07. The van der Waals surface area contributed by atoms with E-state index in [4.69, 9.17) is 4.98 Å². The molecular formula is C23H22Br2ClFeN3. The van der Waals surface area contributed by atoms with Gasteiger partial charge in [-0.15, -0.1) is 12.4 Å². The summed E-state index contributed by atoms with van der Waals surface area (Å²) in [6.07, 6.45) is 0. The van der Waals surface area contributed by atoms with Crippen LogP contribution in [0.25, 0.3) is 26.3 Å². The van der Waals surface area contributed by atoms with E-state index < -0.39 is 0 Å². The molecule has 4 rings (SSSR count). The number of fused-ring (bicyclic) bond motifs is 3. The molecule has 0 aliphatic rings. The van der Waals surface area contributed by atoms with Crippen LogP contribution in [0, 0.1) is 0 Å². The van der Waals surface area contributed by atoms with Crippen molar-refractivity contribution >= 4 is 75.0 Å². The predicted molar refractivity (Wildman–Crippen MR) is 134 cm³/mol. The second kappa shape index (κ2) is 10.4. The number of aromatic nitrogens is 2. The van der Waals surface area contributed by atoms with Crippen molar-refractivity contribution in [2.45, 2.75) is 19.8 Å². The molecule has 0 aliphatic carbocycles. The van der Waals surface area contributed by atoms with Gasteiger partial charge >= 0.3 is 189 Å². The monoisotopic (exact) mass is 589 g/mol. The van der Waals surface area contributed by atoms with Crippen LogP contribution >= 0.6 is 44.3 Å². The number of rotatable bonds is 4. The zero-order chi connectivity index (χ0) is 19.8. The fourth-order valence-corrected chi connectivity index (χ4v) is 5.49. The first-order chi connectivity index (χ1) is 13.4. The third-order valence-electron chi connectivity index (χ3n) is 4.54. The van der Waals surface area contributed by atoms with E-state index in [0.717, 1.165) is 56.0 Å². The third-order valence-corrected chi connectivity index (χ3v) is 7.50. The van der Waals surface area contributed by atoms with Gasteiger partial charge in [0.05, 0.1) is 0 Å². The molecule has 158 valence electrons. The van der Waals surface area contributed by atoms with Gasteiger partial charge in [0, 0.05) is 0 Å². The SMILES string of the molecule is C=[C]([Fe][c]1c(Br)cccc1C(C)C)c1ccc2ccc3ccc(Br)nc3c2n1.Cl.N. The summed E-state index contributed by atoms with van der Waals surface area (Å²) < 4.78 is 4.22. The molecule has 4 aromatic rings. The first-order valence-corrected chi connectivity index (χ1v) is 11.6. The van der Waals surface area contributed by atoms with Crippen LogP contribution in [0.1, 0.15) is 31.0 Å². The summed E-state index contributed by atoms with van der Waals surface area (Å²) in [5.74, 6) is 0.454. The summed E-state index contributed by atoms with van der Waals surface area (Å²) in [4.78, 5) is 9.60. The number of nitrogens with zero attached hydrogens (tertiary/aromatic N) is 2. The topological polar surface area (TPSA) is 60.8 Å². The molecule has 2 aromatic carbocycles. The van der Waals surface area contributed by atoms with E-state index in [1.54, 1.807) is 0 Å². The van der Waals surface area contributed by atoms with Gasteiger partial charge in [0.25, 0.3) is 0 Å². The summed E-state index contributed by atoms with van der Waals surface area (Å²) >= 11 is 7.96. The standard InChI is InChI=1S/C14H8BrN2.C9H10Br.ClH.Fe.H3N/c1-2-11-7-5-9-3-4-10-6-8-12(15)17-14(10)13(9)16-11;1-7(2)8-4-3-5-9(10)6-8;;;/h3-8H,1H2;3-5,7H,1-2H3;1H;;1H3. The van der Waals surface area contributed by atoms with Crippen molar-refractivity contribution in [3.8, 4) is 0 Å². The second-order valence-electron chi connectivity index (χ2n) is 6.80. The maximum atomic E-state index is 4.95. The Kier molecular flexibility index (Phi) is 8.63. The zero-order valence-corrected chi connectivity index (χ0v) is 21.7. The Morgan fingerprint density at radius 3 is 2.17 bits per heavy atom. The molecule has 0 spiro atoms. The van der Waals surface area contributed by atoms with Gasteiger partial charge in [0.2, 0.25) is 0 Å². The van der Waals surface area contributed by atoms with E-state index in [1.807, 2.05) is 6.07 Å². The summed E-state index contributed by atoms with van der Waals surface area (Å²) in [6.45, 7) is 8.79. The van der Waals surface area contributed by atoms with E-state index in [0.29, 0.717) is 5.92 Å². The molecule has 2 aromatic heterocycles. The minimum atomic E-state index is 0. The molecule has 0 fully saturated rings. The molecule has 0 aliphatic heterocycles. The predicted octanol–water partition coefficient (Wildman–Crippen LogP) is 7.39. The molecular weight excluding hydrogens is 569 g/mol. The first-order valence-electron chi connectivity index (χ1n) is 8.90. The summed E-state index contributed by atoms with van der Waals surface area (Å²) in [5, 5.41) is 2.16. The number of hydrogen-bond acceptors (Lipinski definition) is 3. The molecule has 0 unspecified atom stereocenters. The van der Waals surface area contributed by atoms with Crippen LogP contribution in [0.3, 0.4) is 0 Å². The molecule has 7 heteroatoms. The minimum Gasteiger partial charge on any atom is -0.344 e. The Bertz CT molecular complexity index is 1230. The van der Waals surface area contributed by atoms with Crippen molar-refractivity contribution in [3.63, 3.8) is 0 Å². The van der Waals surface area contributed by atoms with Crippen molar-refractivity contribution in [1.29, 1.82) is 0 Å². The molecule has 0 bridgehead atoms. The number of pyridine rings is 2. The van der Waals surface area contributed by atoms with Crippen molar-refractivity contribution in [1.82, 2.24) is 16.1 Å². The quantitative estimate of drug-likeness (QED) is 0.153. The second-order valence-corrected chi connectivity index (χ2v) is 9.96. The first kappa shape index (κ1) is 25.0. The molecule has 3 N–H and O–H groups in total. The van der Waals surface area contributed by atoms with Gasteiger partial charge in [-0.25, -0.2) is 0 Å². The number of benzene rings is 2. The van der Waals surface area contributed by atoms with Crippen LogP contribution in [0.15, 0.2) is 70.3 Å². The van der Waals surface area contributed by atoms with Crippen LogP contribution in [-0.4, -0.2) is 9.97 Å². The Morgan fingerprint density at radius 2 is 1.50 bits per heavy atom. The van der Waals surface area contributed by atoms with Gasteiger partial charge in [-0.1, -0.05) is 0 Å². The fourth-order valence-electron chi connectivity index (χ4n) is 3.09. The molecule has 0 saturated carbocycles. The fraction of sp³-hybridized carbons (Fsp3) is 0.130. The van der Waals surface area contributed by atoms with Gasteiger partial charge in [-0.3, -0.25) is 0 Å². The summed E-state index contributed by atoms with van der Waals surface area (Å²) in [6, 6.07) is 18.7. The molecule has 3 nitrogen and oxygen atoms in total. The van der Waals surface area contributed by atoms with Crippen molar-refractivity contribution in [2.24, 2.45) is 0 Å². The Hall–Kier alpha value is -1.27. The maximum absolute atomic E-state index is 4.95. The van der Waals surface area contributed by atoms with Crippen LogP contribution in [0.5, 0.6) is 0 Å². The zero-order valence-electron chi connectivity index (χ0n) is 16.6. The van der Waals surface area contributed by atoms with Crippen molar-refractivity contribution < 1.29 is 15.0 Å². The van der Waals surface area contributed by atoms with Crippen LogP contribution < -0.4 is 10.6 Å². The molecule has 0 amide bonds. The van der Waals surface area contributed by atoms with E-state index in [-0.39, 0.29) is 18.6 Å². The molecule has 30 heavy (non-hydrogen) atoms. The van der Waals surface area contributed by atoms with Gasteiger partial charge < -0.3 is 6.15 Å². The summed E-state index contributed by atoms with van der Waals surface area (Å²) in [7, 11) is 0. The van der Waals surface area contributed by atoms with E-state index in [9.17, 15) is 0 Å². The van der Waals surface area contributed by atoms with E-state index in [2.05, 4.69) is 106 Å². The number of halogens is 3. The third kappa shape index (κ3) is 4.96. The molecule has 0 atom stereocenters. The maximum Gasteiger partial charge on any atom is -0.147 e. The average molecular weight is 592 g/mol.